The topological polar surface area (TPSA) is 84.6 Å². The molecule has 0 saturated carbocycles. The summed E-state index contributed by atoms with van der Waals surface area (Å²) in [5.74, 6) is 0.921. The largest absolute Gasteiger partial charge is 0.491 e. The van der Waals surface area contributed by atoms with Gasteiger partial charge in [0, 0.05) is 19.5 Å². The minimum Gasteiger partial charge on any atom is -0.491 e. The minimum atomic E-state index is -0.555. The zero-order chi connectivity index (χ0) is 19.9. The van der Waals surface area contributed by atoms with Crippen LogP contribution in [0.3, 0.4) is 0 Å². The van der Waals surface area contributed by atoms with Gasteiger partial charge < -0.3 is 20.9 Å². The summed E-state index contributed by atoms with van der Waals surface area (Å²) in [6, 6.07) is 15.7. The molecular formula is C23H31ClN2O3. The Bertz CT molecular complexity index is 785. The molecule has 2 aromatic rings. The number of para-hydroxylation sites is 1. The number of hydrogen-bond donors (Lipinski definition) is 3. The predicted molar refractivity (Wildman–Crippen MR) is 117 cm³/mol. The third-order valence-electron chi connectivity index (χ3n) is 5.40. The SMILES string of the molecule is CC(=O)NCc1ccc2c(c1)C(N)C(C[C@H](O)COc1ccccc1)CCC2.Cl. The highest BCUT2D eigenvalue weighted by atomic mass is 35.5. The Kier molecular flexibility index (Phi) is 8.96. The second kappa shape index (κ2) is 11.2. The van der Waals surface area contributed by atoms with Crippen molar-refractivity contribution in [3.8, 4) is 5.75 Å². The monoisotopic (exact) mass is 418 g/mol. The number of carbonyl (C=O) groups is 1. The van der Waals surface area contributed by atoms with Gasteiger partial charge in [-0.15, -0.1) is 12.4 Å². The smallest absolute Gasteiger partial charge is 0.217 e. The molecule has 5 nitrogen and oxygen atoms in total. The zero-order valence-electron chi connectivity index (χ0n) is 16.8. The molecule has 0 aliphatic heterocycles. The normalized spacial score (nSPS) is 19.3. The molecule has 0 aromatic heterocycles. The van der Waals surface area contributed by atoms with Gasteiger partial charge in [0.25, 0.3) is 0 Å². The average molecular weight is 419 g/mol. The lowest BCUT2D eigenvalue weighted by Gasteiger charge is -2.26. The summed E-state index contributed by atoms with van der Waals surface area (Å²) in [6.45, 7) is 2.29. The molecule has 1 amide bonds. The van der Waals surface area contributed by atoms with Gasteiger partial charge in [0.15, 0.2) is 0 Å². The molecule has 1 aliphatic carbocycles. The molecule has 3 rings (SSSR count). The molecule has 4 N–H and O–H groups in total. The van der Waals surface area contributed by atoms with Crippen molar-refractivity contribution in [2.45, 2.75) is 51.3 Å². The lowest BCUT2D eigenvalue weighted by molar-refractivity contribution is -0.119. The second-order valence-corrected chi connectivity index (χ2v) is 7.63. The Morgan fingerprint density at radius 3 is 2.76 bits per heavy atom. The number of aryl methyl sites for hydroxylation is 1. The summed E-state index contributed by atoms with van der Waals surface area (Å²) in [6.07, 6.45) is 3.10. The number of hydrogen-bond acceptors (Lipinski definition) is 4. The summed E-state index contributed by atoms with van der Waals surface area (Å²) in [4.78, 5) is 11.2. The zero-order valence-corrected chi connectivity index (χ0v) is 17.7. The molecule has 158 valence electrons. The fraction of sp³-hybridized carbons (Fsp3) is 0.435. The molecule has 0 fully saturated rings. The first-order valence-corrected chi connectivity index (χ1v) is 10.0. The highest BCUT2D eigenvalue weighted by Gasteiger charge is 2.27. The fourth-order valence-electron chi connectivity index (χ4n) is 3.90. The quantitative estimate of drug-likeness (QED) is 0.600. The summed E-state index contributed by atoms with van der Waals surface area (Å²) < 4.78 is 5.69. The van der Waals surface area contributed by atoms with Crippen molar-refractivity contribution in [1.29, 1.82) is 0 Å². The minimum absolute atomic E-state index is 0. The first-order valence-electron chi connectivity index (χ1n) is 10.0. The number of halogens is 1. The number of amides is 1. The summed E-state index contributed by atoms with van der Waals surface area (Å²) in [7, 11) is 0. The summed E-state index contributed by atoms with van der Waals surface area (Å²) in [5.41, 5.74) is 10.1. The molecule has 0 heterocycles. The molecule has 2 aromatic carbocycles. The summed E-state index contributed by atoms with van der Waals surface area (Å²) in [5, 5.41) is 13.3. The van der Waals surface area contributed by atoms with E-state index in [1.807, 2.05) is 30.3 Å². The Labute approximate surface area is 179 Å². The molecule has 0 spiro atoms. The van der Waals surface area contributed by atoms with Crippen molar-refractivity contribution in [1.82, 2.24) is 5.32 Å². The number of nitrogens with two attached hydrogens (primary N) is 1. The Morgan fingerprint density at radius 1 is 1.28 bits per heavy atom. The van der Waals surface area contributed by atoms with E-state index in [9.17, 15) is 9.90 Å². The van der Waals surface area contributed by atoms with Gasteiger partial charge in [-0.3, -0.25) is 4.79 Å². The van der Waals surface area contributed by atoms with E-state index in [0.29, 0.717) is 13.0 Å². The second-order valence-electron chi connectivity index (χ2n) is 7.63. The molecule has 3 atom stereocenters. The Morgan fingerprint density at radius 2 is 2.03 bits per heavy atom. The number of nitrogens with one attached hydrogen (secondary N) is 1. The maximum atomic E-state index is 11.2. The molecular weight excluding hydrogens is 388 g/mol. The van der Waals surface area contributed by atoms with E-state index in [-0.39, 0.29) is 36.9 Å². The van der Waals surface area contributed by atoms with E-state index in [1.54, 1.807) is 0 Å². The van der Waals surface area contributed by atoms with Crippen molar-refractivity contribution in [2.24, 2.45) is 11.7 Å². The number of fused-ring (bicyclic) bond motifs is 1. The first kappa shape index (κ1) is 23.2. The van der Waals surface area contributed by atoms with E-state index in [1.165, 1.54) is 12.5 Å². The predicted octanol–water partition coefficient (Wildman–Crippen LogP) is 3.53. The van der Waals surface area contributed by atoms with E-state index in [4.69, 9.17) is 10.5 Å². The number of ether oxygens (including phenoxy) is 1. The molecule has 2 unspecified atom stereocenters. The first-order chi connectivity index (χ1) is 13.5. The van der Waals surface area contributed by atoms with Gasteiger partial charge in [0.05, 0.1) is 6.10 Å². The van der Waals surface area contributed by atoms with Crippen molar-refractivity contribution in [3.05, 3.63) is 65.2 Å². The van der Waals surface area contributed by atoms with Crippen LogP contribution in [0.4, 0.5) is 0 Å². The standard InChI is InChI=1S/C23H30N2O3.ClH/c1-16(26)25-14-17-10-11-18-6-5-7-19(23(24)22(18)12-17)13-20(27)15-28-21-8-3-2-4-9-21;/h2-4,8-12,19-20,23,27H,5-7,13-15,24H2,1H3,(H,25,26);1H/t19?,20-,23?;/m0./s1. The van der Waals surface area contributed by atoms with E-state index >= 15 is 0 Å². The van der Waals surface area contributed by atoms with E-state index in [2.05, 4.69) is 23.5 Å². The number of aliphatic hydroxyl groups is 1. The van der Waals surface area contributed by atoms with Gasteiger partial charge in [0.2, 0.25) is 5.91 Å². The van der Waals surface area contributed by atoms with Crippen molar-refractivity contribution >= 4 is 18.3 Å². The summed E-state index contributed by atoms with van der Waals surface area (Å²) >= 11 is 0. The number of benzene rings is 2. The Hall–Kier alpha value is -2.08. The van der Waals surface area contributed by atoms with Gasteiger partial charge in [-0.2, -0.15) is 0 Å². The number of carbonyl (C=O) groups excluding carboxylic acids is 1. The van der Waals surface area contributed by atoms with Crippen LogP contribution in [-0.4, -0.2) is 23.7 Å². The molecule has 29 heavy (non-hydrogen) atoms. The molecule has 6 heteroatoms. The van der Waals surface area contributed by atoms with Crippen LogP contribution in [0.5, 0.6) is 5.75 Å². The maximum Gasteiger partial charge on any atom is 0.217 e. The van der Waals surface area contributed by atoms with E-state index in [0.717, 1.165) is 36.1 Å². The highest BCUT2D eigenvalue weighted by molar-refractivity contribution is 5.85. The number of aliphatic hydroxyl groups excluding tert-OH is 1. The lowest BCUT2D eigenvalue weighted by Crippen LogP contribution is -2.28. The van der Waals surface area contributed by atoms with Crippen LogP contribution >= 0.6 is 12.4 Å². The molecule has 0 saturated heterocycles. The molecule has 1 aliphatic rings. The third kappa shape index (κ3) is 6.74. The average Bonchev–Trinajstić information content (AvgIpc) is 2.85. The Balaban J connectivity index is 0.00000300. The molecule has 0 radical (unpaired) electrons. The van der Waals surface area contributed by atoms with Crippen molar-refractivity contribution in [3.63, 3.8) is 0 Å². The molecule has 0 bridgehead atoms. The van der Waals surface area contributed by atoms with Crippen LogP contribution in [0.2, 0.25) is 0 Å². The maximum absolute atomic E-state index is 11.2. The van der Waals surface area contributed by atoms with Crippen molar-refractivity contribution in [2.75, 3.05) is 6.61 Å². The van der Waals surface area contributed by atoms with Crippen LogP contribution in [0.25, 0.3) is 0 Å². The number of rotatable bonds is 7. The van der Waals surface area contributed by atoms with Gasteiger partial charge >= 0.3 is 0 Å². The van der Waals surface area contributed by atoms with Crippen LogP contribution in [0.1, 0.15) is 48.9 Å². The highest BCUT2D eigenvalue weighted by Crippen LogP contribution is 2.35. The third-order valence-corrected chi connectivity index (χ3v) is 5.40. The van der Waals surface area contributed by atoms with Crippen LogP contribution in [0.15, 0.2) is 48.5 Å². The van der Waals surface area contributed by atoms with Gasteiger partial charge in [-0.1, -0.05) is 36.4 Å². The van der Waals surface area contributed by atoms with Gasteiger partial charge in [-0.05, 0) is 60.4 Å². The van der Waals surface area contributed by atoms with Crippen molar-refractivity contribution < 1.29 is 14.6 Å². The van der Waals surface area contributed by atoms with Crippen LogP contribution in [0, 0.1) is 5.92 Å². The van der Waals surface area contributed by atoms with E-state index < -0.39 is 6.10 Å². The van der Waals surface area contributed by atoms with Crippen LogP contribution in [-0.2, 0) is 17.8 Å². The van der Waals surface area contributed by atoms with Gasteiger partial charge in [0.1, 0.15) is 12.4 Å². The van der Waals surface area contributed by atoms with Gasteiger partial charge in [-0.25, -0.2) is 0 Å². The fourth-order valence-corrected chi connectivity index (χ4v) is 3.90. The lowest BCUT2D eigenvalue weighted by atomic mass is 9.86. The van der Waals surface area contributed by atoms with Crippen LogP contribution < -0.4 is 15.8 Å².